The topological polar surface area (TPSA) is 78.8 Å². The number of halogens is 2. The summed E-state index contributed by atoms with van der Waals surface area (Å²) in [4.78, 5) is 12.8. The molecule has 0 atom stereocenters. The molecule has 194 valence electrons. The first-order valence-corrected chi connectivity index (χ1v) is 13.9. The molecule has 38 heavy (non-hydrogen) atoms. The second-order valence-electron chi connectivity index (χ2n) is 8.55. The summed E-state index contributed by atoms with van der Waals surface area (Å²) in [5, 5.41) is 5.26. The van der Waals surface area contributed by atoms with Crippen molar-refractivity contribution in [2.75, 3.05) is 4.31 Å². The van der Waals surface area contributed by atoms with Crippen molar-refractivity contribution in [3.05, 3.63) is 129 Å². The Hall–Kier alpha value is -3.65. The van der Waals surface area contributed by atoms with Crippen LogP contribution in [-0.4, -0.2) is 20.0 Å². The summed E-state index contributed by atoms with van der Waals surface area (Å²) in [6, 6.07) is 27.3. The fraction of sp³-hybridized carbons (Fsp3) is 0.103. The van der Waals surface area contributed by atoms with Gasteiger partial charge in [-0.05, 0) is 79.1 Å². The largest absolute Gasteiger partial charge is 0.271 e. The lowest BCUT2D eigenvalue weighted by Crippen LogP contribution is -2.31. The van der Waals surface area contributed by atoms with Crippen LogP contribution in [0, 0.1) is 6.92 Å². The van der Waals surface area contributed by atoms with Crippen molar-refractivity contribution in [1.29, 1.82) is 0 Å². The molecule has 0 aliphatic carbocycles. The average molecular weight is 567 g/mol. The Morgan fingerprint density at radius 3 is 2.13 bits per heavy atom. The van der Waals surface area contributed by atoms with Crippen molar-refractivity contribution < 1.29 is 13.2 Å². The van der Waals surface area contributed by atoms with Crippen molar-refractivity contribution in [1.82, 2.24) is 5.43 Å². The van der Waals surface area contributed by atoms with Gasteiger partial charge in [-0.15, -0.1) is 0 Å². The highest BCUT2D eigenvalue weighted by atomic mass is 35.5. The summed E-state index contributed by atoms with van der Waals surface area (Å²) >= 11 is 12.2. The summed E-state index contributed by atoms with van der Waals surface area (Å²) in [6.45, 7) is 3.62. The number of hydrogen-bond donors (Lipinski definition) is 1. The van der Waals surface area contributed by atoms with E-state index in [9.17, 15) is 13.2 Å². The van der Waals surface area contributed by atoms with Crippen LogP contribution < -0.4 is 9.73 Å². The number of benzene rings is 4. The quantitative estimate of drug-likeness (QED) is 0.187. The van der Waals surface area contributed by atoms with E-state index in [-0.39, 0.29) is 17.3 Å². The molecule has 0 saturated carbocycles. The molecule has 0 spiro atoms. The Morgan fingerprint density at radius 1 is 0.842 bits per heavy atom. The Labute approximate surface area is 232 Å². The molecule has 9 heteroatoms. The molecule has 1 amide bonds. The third-order valence-electron chi connectivity index (χ3n) is 5.97. The van der Waals surface area contributed by atoms with E-state index in [0.717, 1.165) is 5.56 Å². The molecule has 0 radical (unpaired) electrons. The highest BCUT2D eigenvalue weighted by Crippen LogP contribution is 2.32. The number of hydrazone groups is 1. The van der Waals surface area contributed by atoms with E-state index in [2.05, 4.69) is 10.5 Å². The minimum absolute atomic E-state index is 0.0497. The van der Waals surface area contributed by atoms with Gasteiger partial charge in [0, 0.05) is 15.6 Å². The second kappa shape index (κ2) is 11.8. The smallest absolute Gasteiger partial charge is 0.267 e. The zero-order chi connectivity index (χ0) is 27.3. The Balaban J connectivity index is 1.57. The molecule has 4 rings (SSSR count). The molecular weight excluding hydrogens is 541 g/mol. The van der Waals surface area contributed by atoms with Crippen LogP contribution in [-0.2, 0) is 16.6 Å². The maximum Gasteiger partial charge on any atom is 0.271 e. The first-order chi connectivity index (χ1) is 18.2. The summed E-state index contributed by atoms with van der Waals surface area (Å²) < 4.78 is 28.6. The number of amides is 1. The van der Waals surface area contributed by atoms with E-state index in [1.54, 1.807) is 98.8 Å². The fourth-order valence-corrected chi connectivity index (χ4v) is 5.59. The van der Waals surface area contributed by atoms with Crippen LogP contribution >= 0.6 is 23.2 Å². The number of carbonyl (C=O) groups excluding carboxylic acids is 1. The van der Waals surface area contributed by atoms with Gasteiger partial charge in [0.25, 0.3) is 15.9 Å². The SMILES string of the molecule is C/C(=N/NC(=O)c1ccc(CN(c2cccc(Cl)c2C)S(=O)(=O)c2ccccc2)cc1)c1ccc(Cl)cc1. The van der Waals surface area contributed by atoms with E-state index in [1.165, 1.54) is 4.31 Å². The molecule has 0 aliphatic heterocycles. The van der Waals surface area contributed by atoms with Crippen molar-refractivity contribution >= 4 is 50.5 Å². The van der Waals surface area contributed by atoms with Crippen LogP contribution in [0.25, 0.3) is 0 Å². The number of hydrogen-bond acceptors (Lipinski definition) is 4. The van der Waals surface area contributed by atoms with Crippen molar-refractivity contribution in [2.45, 2.75) is 25.3 Å². The molecule has 0 heterocycles. The first kappa shape index (κ1) is 27.4. The zero-order valence-corrected chi connectivity index (χ0v) is 23.1. The van der Waals surface area contributed by atoms with Gasteiger partial charge in [0.2, 0.25) is 0 Å². The minimum atomic E-state index is -3.90. The van der Waals surface area contributed by atoms with Crippen LogP contribution in [0.15, 0.2) is 107 Å². The van der Waals surface area contributed by atoms with Crippen molar-refractivity contribution in [3.63, 3.8) is 0 Å². The lowest BCUT2D eigenvalue weighted by molar-refractivity contribution is 0.0955. The van der Waals surface area contributed by atoms with Gasteiger partial charge >= 0.3 is 0 Å². The lowest BCUT2D eigenvalue weighted by atomic mass is 10.1. The van der Waals surface area contributed by atoms with Gasteiger partial charge in [0.05, 0.1) is 22.8 Å². The molecule has 1 N–H and O–H groups in total. The van der Waals surface area contributed by atoms with Crippen LogP contribution in [0.1, 0.15) is 34.0 Å². The standard InChI is InChI=1S/C29H25Cl2N3O3S/c1-20-27(31)9-6-10-28(20)34(38(36,37)26-7-4-3-5-8-26)19-22-11-13-24(14-12-22)29(35)33-32-21(2)23-15-17-25(30)18-16-23/h3-18H,19H2,1-2H3,(H,33,35)/b32-21-. The minimum Gasteiger partial charge on any atom is -0.267 e. The summed E-state index contributed by atoms with van der Waals surface area (Å²) in [7, 11) is -3.90. The average Bonchev–Trinajstić information content (AvgIpc) is 2.93. The number of nitrogens with one attached hydrogen (secondary N) is 1. The third kappa shape index (κ3) is 6.25. The third-order valence-corrected chi connectivity index (χ3v) is 8.40. The normalized spacial score (nSPS) is 11.7. The molecule has 0 bridgehead atoms. The Kier molecular flexibility index (Phi) is 8.52. The Morgan fingerprint density at radius 2 is 1.47 bits per heavy atom. The number of sulfonamides is 1. The van der Waals surface area contributed by atoms with Crippen LogP contribution in [0.3, 0.4) is 0 Å². The van der Waals surface area contributed by atoms with Gasteiger partial charge < -0.3 is 0 Å². The number of rotatable bonds is 8. The lowest BCUT2D eigenvalue weighted by Gasteiger charge is -2.26. The molecule has 0 aromatic heterocycles. The van der Waals surface area contributed by atoms with Crippen LogP contribution in [0.4, 0.5) is 5.69 Å². The van der Waals surface area contributed by atoms with Crippen LogP contribution in [0.2, 0.25) is 10.0 Å². The maximum atomic E-state index is 13.7. The molecular formula is C29H25Cl2N3O3S. The van der Waals surface area contributed by atoms with Crippen LogP contribution in [0.5, 0.6) is 0 Å². The van der Waals surface area contributed by atoms with E-state index >= 15 is 0 Å². The van der Waals surface area contributed by atoms with E-state index in [4.69, 9.17) is 23.2 Å². The van der Waals surface area contributed by atoms with E-state index in [0.29, 0.717) is 38.1 Å². The zero-order valence-electron chi connectivity index (χ0n) is 20.7. The molecule has 6 nitrogen and oxygen atoms in total. The van der Waals surface area contributed by atoms with Gasteiger partial charge in [0.1, 0.15) is 0 Å². The molecule has 0 unspecified atom stereocenters. The molecule has 4 aromatic carbocycles. The number of anilines is 1. The highest BCUT2D eigenvalue weighted by molar-refractivity contribution is 7.92. The monoisotopic (exact) mass is 565 g/mol. The highest BCUT2D eigenvalue weighted by Gasteiger charge is 2.27. The predicted molar refractivity (Wildman–Crippen MR) is 154 cm³/mol. The fourth-order valence-electron chi connectivity index (χ4n) is 3.77. The molecule has 0 fully saturated rings. The number of carbonyl (C=O) groups is 1. The summed E-state index contributed by atoms with van der Waals surface area (Å²) in [5.41, 5.74) is 6.23. The van der Waals surface area contributed by atoms with Crippen molar-refractivity contribution in [2.24, 2.45) is 5.10 Å². The maximum absolute atomic E-state index is 13.7. The number of nitrogens with zero attached hydrogens (tertiary/aromatic N) is 2. The van der Waals surface area contributed by atoms with E-state index in [1.807, 2.05) is 12.1 Å². The molecule has 0 saturated heterocycles. The van der Waals surface area contributed by atoms with Gasteiger partial charge in [-0.2, -0.15) is 5.10 Å². The first-order valence-electron chi connectivity index (χ1n) is 11.7. The van der Waals surface area contributed by atoms with Gasteiger partial charge in [0.15, 0.2) is 0 Å². The van der Waals surface area contributed by atoms with Gasteiger partial charge in [-0.3, -0.25) is 9.10 Å². The predicted octanol–water partition coefficient (Wildman–Crippen LogP) is 6.85. The van der Waals surface area contributed by atoms with E-state index < -0.39 is 10.0 Å². The Bertz CT molecular complexity index is 1570. The van der Waals surface area contributed by atoms with Gasteiger partial charge in [-0.25, -0.2) is 13.8 Å². The summed E-state index contributed by atoms with van der Waals surface area (Å²) in [5.74, 6) is -0.385. The molecule has 4 aromatic rings. The second-order valence-corrected chi connectivity index (χ2v) is 11.3. The summed E-state index contributed by atoms with van der Waals surface area (Å²) in [6.07, 6.45) is 0. The molecule has 0 aliphatic rings. The van der Waals surface area contributed by atoms with Crippen molar-refractivity contribution in [3.8, 4) is 0 Å². The van der Waals surface area contributed by atoms with Gasteiger partial charge in [-0.1, -0.05) is 71.7 Å².